The van der Waals surface area contributed by atoms with Crippen molar-refractivity contribution in [1.82, 2.24) is 15.3 Å². The summed E-state index contributed by atoms with van der Waals surface area (Å²) >= 11 is 17.3. The number of anilines is 1. The van der Waals surface area contributed by atoms with Crippen LogP contribution in [0, 0.1) is 0 Å². The van der Waals surface area contributed by atoms with Gasteiger partial charge in [0.1, 0.15) is 23.7 Å². The average molecular weight is 887 g/mol. The largest absolute Gasteiger partial charge is 0.480 e. The molecule has 308 valence electrons. The van der Waals surface area contributed by atoms with Crippen LogP contribution in [0.3, 0.4) is 0 Å². The van der Waals surface area contributed by atoms with Crippen molar-refractivity contribution in [2.75, 3.05) is 5.73 Å². The summed E-state index contributed by atoms with van der Waals surface area (Å²) in [6, 6.07) is 23.3. The predicted octanol–water partition coefficient (Wildman–Crippen LogP) is 6.91. The van der Waals surface area contributed by atoms with E-state index in [-0.39, 0.29) is 43.2 Å². The molecule has 0 spiro atoms. The number of amides is 1. The highest BCUT2D eigenvalue weighted by Crippen LogP contribution is 2.17. The summed E-state index contributed by atoms with van der Waals surface area (Å²) in [5, 5.41) is 22.3. The van der Waals surface area contributed by atoms with Crippen LogP contribution in [0.4, 0.5) is 5.95 Å². The average Bonchev–Trinajstić information content (AvgIpc) is 3.50. The van der Waals surface area contributed by atoms with E-state index in [2.05, 4.69) is 15.3 Å². The fraction of sp³-hybridized carbons (Fsp3) is 0.256. The summed E-state index contributed by atoms with van der Waals surface area (Å²) in [6.07, 6.45) is 0.927. The molecule has 0 bridgehead atoms. The van der Waals surface area contributed by atoms with Gasteiger partial charge in [0, 0.05) is 27.1 Å². The number of H-pyrrole nitrogens is 1. The van der Waals surface area contributed by atoms with Gasteiger partial charge in [0.15, 0.2) is 5.95 Å². The SMILES string of the molecule is CC(C)(C)OC(=O)[C@@H](N)Cc1ccc(Cl)cc1.Cl.Cl.N[C@@H](Cc1ccc(Cl)cc1)C(=O)O.Nc1nc2ccc(C(=O)N[C@@H](Cc3ccc(Cl)cc3)C(=O)O)cc2[nH]1. The number of aromatic nitrogens is 2. The molecule has 1 amide bonds. The minimum atomic E-state index is -1.12. The quantitative estimate of drug-likeness (QED) is 0.0673. The van der Waals surface area contributed by atoms with Crippen molar-refractivity contribution < 1.29 is 34.1 Å². The van der Waals surface area contributed by atoms with Gasteiger partial charge in [-0.1, -0.05) is 71.2 Å². The molecule has 13 nitrogen and oxygen atoms in total. The van der Waals surface area contributed by atoms with Crippen LogP contribution in [0.5, 0.6) is 0 Å². The van der Waals surface area contributed by atoms with Crippen molar-refractivity contribution >= 4 is 100 Å². The smallest absolute Gasteiger partial charge is 0.326 e. The van der Waals surface area contributed by atoms with E-state index in [4.69, 9.17) is 61.8 Å². The third kappa shape index (κ3) is 18.0. The summed E-state index contributed by atoms with van der Waals surface area (Å²) < 4.78 is 5.21. The Bertz CT molecular complexity index is 2060. The number of ether oxygens (including phenoxy) is 1. The molecule has 0 aliphatic rings. The second-order valence-electron chi connectivity index (χ2n) is 13.3. The minimum Gasteiger partial charge on any atom is -0.480 e. The van der Waals surface area contributed by atoms with Crippen molar-refractivity contribution in [2.24, 2.45) is 11.5 Å². The first-order chi connectivity index (χ1) is 25.8. The summed E-state index contributed by atoms with van der Waals surface area (Å²) in [4.78, 5) is 52.8. The fourth-order valence-electron chi connectivity index (χ4n) is 4.77. The molecule has 5 rings (SSSR count). The highest BCUT2D eigenvalue weighted by atomic mass is 35.5. The van der Waals surface area contributed by atoms with E-state index in [1.54, 1.807) is 78.9 Å². The van der Waals surface area contributed by atoms with E-state index in [1.807, 2.05) is 32.9 Å². The number of aliphatic carboxylic acids is 2. The number of nitrogens with one attached hydrogen (secondary N) is 2. The van der Waals surface area contributed by atoms with Gasteiger partial charge in [-0.2, -0.15) is 0 Å². The summed E-state index contributed by atoms with van der Waals surface area (Å²) in [6.45, 7) is 5.46. The van der Waals surface area contributed by atoms with Crippen LogP contribution in [0.15, 0.2) is 91.0 Å². The maximum atomic E-state index is 12.4. The van der Waals surface area contributed by atoms with Crippen molar-refractivity contribution in [3.05, 3.63) is 128 Å². The second kappa shape index (κ2) is 23.6. The number of carboxylic acids is 2. The van der Waals surface area contributed by atoms with E-state index >= 15 is 0 Å². The van der Waals surface area contributed by atoms with Gasteiger partial charge in [-0.15, -0.1) is 24.8 Å². The van der Waals surface area contributed by atoms with E-state index in [9.17, 15) is 24.3 Å². The molecule has 3 atom stereocenters. The lowest BCUT2D eigenvalue weighted by Crippen LogP contribution is -2.42. The first kappa shape index (κ1) is 50.4. The molecular formula is C39H45Cl5N6O7. The zero-order valence-electron chi connectivity index (χ0n) is 31.1. The maximum Gasteiger partial charge on any atom is 0.326 e. The van der Waals surface area contributed by atoms with Gasteiger partial charge in [-0.3, -0.25) is 14.4 Å². The first-order valence-corrected chi connectivity index (χ1v) is 17.9. The number of imidazole rings is 1. The molecule has 0 fully saturated rings. The summed E-state index contributed by atoms with van der Waals surface area (Å²) in [7, 11) is 0. The molecule has 5 aromatic rings. The number of nitrogens with two attached hydrogens (primary N) is 3. The number of hydrogen-bond donors (Lipinski definition) is 7. The zero-order valence-corrected chi connectivity index (χ0v) is 35.0. The fourth-order valence-corrected chi connectivity index (χ4v) is 5.14. The Hall–Kier alpha value is -4.60. The standard InChI is InChI=1S/C17H15ClN4O3.C13H18ClNO2.C9H10ClNO2.2ClH/c18-11-4-1-9(2-5-11)7-14(16(24)25)20-15(23)10-3-6-12-13(8-10)22-17(19)21-12;1-13(2,3)17-12(16)11(15)8-9-4-6-10(14)7-5-9;10-7-3-1-6(2-4-7)5-8(11)9(12)13;;/h1-6,8,14H,7H2,(H,20,23)(H,24,25)(H3,19,21,22);4-7,11H,8,15H2,1-3H3;1-4,8H,5,11H2,(H,12,13);2*1H/t14-;11-;8-;;/m000../s1. The van der Waals surface area contributed by atoms with Crippen molar-refractivity contribution in [3.63, 3.8) is 0 Å². The van der Waals surface area contributed by atoms with Crippen LogP contribution in [-0.2, 0) is 38.4 Å². The molecule has 0 radical (unpaired) electrons. The van der Waals surface area contributed by atoms with E-state index in [0.717, 1.165) is 16.7 Å². The number of benzene rings is 4. The number of nitrogen functional groups attached to an aromatic ring is 1. The van der Waals surface area contributed by atoms with E-state index in [1.165, 1.54) is 0 Å². The monoisotopic (exact) mass is 884 g/mol. The van der Waals surface area contributed by atoms with Crippen molar-refractivity contribution in [1.29, 1.82) is 0 Å². The van der Waals surface area contributed by atoms with Gasteiger partial charge in [0.05, 0.1) is 11.0 Å². The molecule has 4 aromatic carbocycles. The Morgan fingerprint density at radius 2 is 1.16 bits per heavy atom. The number of esters is 1. The molecule has 10 N–H and O–H groups in total. The highest BCUT2D eigenvalue weighted by molar-refractivity contribution is 6.31. The molecule has 0 saturated carbocycles. The van der Waals surface area contributed by atoms with E-state index < -0.39 is 41.6 Å². The topological polar surface area (TPSA) is 237 Å². The number of carbonyl (C=O) groups is 4. The number of halogens is 5. The predicted molar refractivity (Wildman–Crippen MR) is 229 cm³/mol. The number of rotatable bonds is 11. The molecule has 0 saturated heterocycles. The number of fused-ring (bicyclic) bond motifs is 1. The number of carboxylic acid groups (broad SMARTS) is 2. The maximum absolute atomic E-state index is 12.4. The van der Waals surface area contributed by atoms with Crippen molar-refractivity contribution in [2.45, 2.75) is 63.8 Å². The second-order valence-corrected chi connectivity index (χ2v) is 14.6. The lowest BCUT2D eigenvalue weighted by atomic mass is 10.1. The number of carbonyl (C=O) groups excluding carboxylic acids is 2. The van der Waals surface area contributed by atoms with Crippen LogP contribution in [-0.4, -0.2) is 67.7 Å². The highest BCUT2D eigenvalue weighted by Gasteiger charge is 2.23. The van der Waals surface area contributed by atoms with Crippen LogP contribution >= 0.6 is 59.6 Å². The lowest BCUT2D eigenvalue weighted by Gasteiger charge is -2.22. The summed E-state index contributed by atoms with van der Waals surface area (Å²) in [5.74, 6) is -2.73. The van der Waals surface area contributed by atoms with Crippen LogP contribution in [0.2, 0.25) is 15.1 Å². The Balaban J connectivity index is 0.000000446. The van der Waals surface area contributed by atoms with E-state index in [0.29, 0.717) is 44.5 Å². The van der Waals surface area contributed by atoms with Gasteiger partial charge >= 0.3 is 17.9 Å². The molecule has 1 aromatic heterocycles. The molecule has 1 heterocycles. The molecule has 18 heteroatoms. The Labute approximate surface area is 357 Å². The first-order valence-electron chi connectivity index (χ1n) is 16.8. The van der Waals surface area contributed by atoms with Crippen LogP contribution in [0.1, 0.15) is 47.8 Å². The summed E-state index contributed by atoms with van der Waals surface area (Å²) in [5.41, 5.74) is 20.4. The van der Waals surface area contributed by atoms with Gasteiger partial charge in [-0.25, -0.2) is 9.78 Å². The van der Waals surface area contributed by atoms with Gasteiger partial charge in [0.25, 0.3) is 5.91 Å². The minimum absolute atomic E-state index is 0. The van der Waals surface area contributed by atoms with Gasteiger partial charge < -0.3 is 42.5 Å². The number of hydrogen-bond acceptors (Lipinski definition) is 9. The number of aromatic amines is 1. The Kier molecular flexibility index (Phi) is 20.9. The molecule has 0 aliphatic carbocycles. The van der Waals surface area contributed by atoms with Crippen LogP contribution in [0.25, 0.3) is 11.0 Å². The van der Waals surface area contributed by atoms with Gasteiger partial charge in [0.2, 0.25) is 0 Å². The molecule has 0 unspecified atom stereocenters. The Morgan fingerprint density at radius 1 is 0.719 bits per heavy atom. The third-order valence-corrected chi connectivity index (χ3v) is 8.24. The normalized spacial score (nSPS) is 12.1. The Morgan fingerprint density at radius 3 is 1.58 bits per heavy atom. The molecule has 57 heavy (non-hydrogen) atoms. The third-order valence-electron chi connectivity index (χ3n) is 7.48. The zero-order chi connectivity index (χ0) is 40.9. The molecular weight excluding hydrogens is 842 g/mol. The van der Waals surface area contributed by atoms with Crippen molar-refractivity contribution in [3.8, 4) is 0 Å². The number of nitrogens with zero attached hydrogens (tertiary/aromatic N) is 1. The lowest BCUT2D eigenvalue weighted by molar-refractivity contribution is -0.156. The van der Waals surface area contributed by atoms with Gasteiger partial charge in [-0.05, 0) is 105 Å². The molecule has 0 aliphatic heterocycles. The van der Waals surface area contributed by atoms with Crippen LogP contribution < -0.4 is 22.5 Å².